The Bertz CT molecular complexity index is 434. The van der Waals surface area contributed by atoms with Crippen molar-refractivity contribution in [3.05, 3.63) is 34.4 Å². The summed E-state index contributed by atoms with van der Waals surface area (Å²) in [5.74, 6) is 4.91. The van der Waals surface area contributed by atoms with Crippen LogP contribution in [0.15, 0.2) is 12.1 Å². The van der Waals surface area contributed by atoms with Gasteiger partial charge in [-0.05, 0) is 24.5 Å². The minimum absolute atomic E-state index is 0.199. The first-order valence-corrected chi connectivity index (χ1v) is 7.10. The molecule has 0 heterocycles. The zero-order valence-corrected chi connectivity index (χ0v) is 11.5. The van der Waals surface area contributed by atoms with Gasteiger partial charge in [-0.15, -0.1) is 0 Å². The van der Waals surface area contributed by atoms with Gasteiger partial charge in [-0.2, -0.15) is 0 Å². The molecule has 1 atom stereocenters. The van der Waals surface area contributed by atoms with Gasteiger partial charge in [-0.3, -0.25) is 11.3 Å². The lowest BCUT2D eigenvalue weighted by molar-refractivity contribution is 0.297. The Morgan fingerprint density at radius 1 is 1.21 bits per heavy atom. The lowest BCUT2D eigenvalue weighted by Gasteiger charge is -2.26. The van der Waals surface area contributed by atoms with Gasteiger partial charge in [0.05, 0.1) is 5.02 Å². The molecule has 1 aromatic carbocycles. The van der Waals surface area contributed by atoms with E-state index in [1.807, 2.05) is 0 Å². The molecule has 0 aliphatic heterocycles. The molecule has 1 saturated carbocycles. The third-order valence-electron chi connectivity index (χ3n) is 3.91. The first-order valence-electron chi connectivity index (χ1n) is 6.72. The van der Waals surface area contributed by atoms with Gasteiger partial charge in [0.25, 0.3) is 0 Å². The maximum atomic E-state index is 13.9. The number of hydrogen-bond acceptors (Lipinski definition) is 2. The first kappa shape index (κ1) is 14.7. The molecule has 1 aromatic rings. The minimum Gasteiger partial charge on any atom is -0.271 e. The Balaban J connectivity index is 2.14. The van der Waals surface area contributed by atoms with E-state index in [4.69, 9.17) is 17.4 Å². The number of hydrazine groups is 1. The molecule has 2 rings (SSSR count). The van der Waals surface area contributed by atoms with Crippen molar-refractivity contribution in [3.63, 3.8) is 0 Å². The van der Waals surface area contributed by atoms with Gasteiger partial charge >= 0.3 is 0 Å². The third kappa shape index (κ3) is 3.65. The van der Waals surface area contributed by atoms with Crippen LogP contribution < -0.4 is 11.3 Å². The number of benzene rings is 1. The largest absolute Gasteiger partial charge is 0.271 e. The quantitative estimate of drug-likeness (QED) is 0.497. The predicted molar refractivity (Wildman–Crippen MR) is 72.6 cm³/mol. The van der Waals surface area contributed by atoms with Gasteiger partial charge in [-0.25, -0.2) is 8.78 Å². The maximum absolute atomic E-state index is 13.9. The Morgan fingerprint density at radius 3 is 2.53 bits per heavy atom. The Hall–Kier alpha value is -0.710. The van der Waals surface area contributed by atoms with Gasteiger partial charge in [0.1, 0.15) is 11.6 Å². The van der Waals surface area contributed by atoms with Crippen LogP contribution in [-0.4, -0.2) is 0 Å². The molecule has 1 aliphatic carbocycles. The number of nitrogens with one attached hydrogen (secondary N) is 1. The van der Waals surface area contributed by atoms with Gasteiger partial charge in [0, 0.05) is 11.6 Å². The van der Waals surface area contributed by atoms with Crippen LogP contribution in [0.5, 0.6) is 0 Å². The van der Waals surface area contributed by atoms with Gasteiger partial charge in [0.15, 0.2) is 0 Å². The molecular weight excluding hydrogens is 270 g/mol. The Morgan fingerprint density at radius 2 is 1.89 bits per heavy atom. The predicted octanol–water partition coefficient (Wildman–Crippen LogP) is 4.09. The molecule has 0 bridgehead atoms. The van der Waals surface area contributed by atoms with E-state index in [0.717, 1.165) is 31.4 Å². The molecule has 3 N–H and O–H groups in total. The first-order chi connectivity index (χ1) is 9.11. The molecule has 1 unspecified atom stereocenters. The van der Waals surface area contributed by atoms with E-state index < -0.39 is 11.6 Å². The summed E-state index contributed by atoms with van der Waals surface area (Å²) in [6, 6.07) is 1.79. The summed E-state index contributed by atoms with van der Waals surface area (Å²) in [6.45, 7) is 0. The molecule has 1 aliphatic rings. The lowest BCUT2D eigenvalue weighted by atomic mass is 9.83. The van der Waals surface area contributed by atoms with Gasteiger partial charge < -0.3 is 0 Å². The summed E-state index contributed by atoms with van der Waals surface area (Å²) < 4.78 is 27.3. The van der Waals surface area contributed by atoms with Crippen molar-refractivity contribution < 1.29 is 8.78 Å². The molecule has 19 heavy (non-hydrogen) atoms. The van der Waals surface area contributed by atoms with Gasteiger partial charge in [0.2, 0.25) is 0 Å². The second kappa shape index (κ2) is 6.64. The molecule has 1 fully saturated rings. The molecule has 0 saturated heterocycles. The van der Waals surface area contributed by atoms with Crippen molar-refractivity contribution in [2.45, 2.75) is 44.6 Å². The van der Waals surface area contributed by atoms with Crippen LogP contribution in [0.3, 0.4) is 0 Å². The van der Waals surface area contributed by atoms with E-state index in [1.54, 1.807) is 0 Å². The third-order valence-corrected chi connectivity index (χ3v) is 4.20. The van der Waals surface area contributed by atoms with Crippen LogP contribution in [0.4, 0.5) is 8.78 Å². The molecular formula is C14H19ClF2N2. The van der Waals surface area contributed by atoms with Gasteiger partial charge in [-0.1, -0.05) is 43.7 Å². The van der Waals surface area contributed by atoms with E-state index in [0.29, 0.717) is 5.92 Å². The summed E-state index contributed by atoms with van der Waals surface area (Å²) in [5.41, 5.74) is 2.86. The summed E-state index contributed by atoms with van der Waals surface area (Å²) in [5, 5.41) is -0.199. The Kier molecular flexibility index (Phi) is 5.13. The molecule has 2 nitrogen and oxygen atoms in total. The fraction of sp³-hybridized carbons (Fsp3) is 0.571. The normalized spacial score (nSPS) is 18.5. The van der Waals surface area contributed by atoms with Crippen LogP contribution >= 0.6 is 11.6 Å². The molecule has 0 amide bonds. The highest BCUT2D eigenvalue weighted by atomic mass is 35.5. The molecule has 0 aromatic heterocycles. The molecule has 0 spiro atoms. The molecule has 0 radical (unpaired) electrons. The highest BCUT2D eigenvalue weighted by Crippen LogP contribution is 2.33. The monoisotopic (exact) mass is 288 g/mol. The number of nitrogens with two attached hydrogens (primary N) is 1. The van der Waals surface area contributed by atoms with Crippen LogP contribution in [0.25, 0.3) is 0 Å². The second-order valence-electron chi connectivity index (χ2n) is 5.25. The standard InChI is InChI=1S/C14H19ClF2N2/c15-11-8-12(16)10(7-13(11)17)14(19-18)6-9-4-2-1-3-5-9/h7-9,14,19H,1-6,18H2. The van der Waals surface area contributed by atoms with Crippen molar-refractivity contribution in [2.24, 2.45) is 11.8 Å². The SMILES string of the molecule is NNC(CC1CCCCC1)c1cc(F)c(Cl)cc1F. The van der Waals surface area contributed by atoms with Crippen LogP contribution in [-0.2, 0) is 0 Å². The topological polar surface area (TPSA) is 38.0 Å². The fourth-order valence-corrected chi connectivity index (χ4v) is 3.00. The van der Waals surface area contributed by atoms with Crippen molar-refractivity contribution in [3.8, 4) is 0 Å². The highest BCUT2D eigenvalue weighted by molar-refractivity contribution is 6.30. The van der Waals surface area contributed by atoms with E-state index in [1.165, 1.54) is 19.3 Å². The van der Waals surface area contributed by atoms with Crippen molar-refractivity contribution in [1.82, 2.24) is 5.43 Å². The maximum Gasteiger partial charge on any atom is 0.142 e. The number of hydrogen-bond donors (Lipinski definition) is 2. The summed E-state index contributed by atoms with van der Waals surface area (Å²) >= 11 is 5.56. The van der Waals surface area contributed by atoms with Crippen molar-refractivity contribution in [1.29, 1.82) is 0 Å². The van der Waals surface area contributed by atoms with E-state index in [2.05, 4.69) is 5.43 Å². The highest BCUT2D eigenvalue weighted by Gasteiger charge is 2.22. The van der Waals surface area contributed by atoms with Crippen LogP contribution in [0, 0.1) is 17.6 Å². The average Bonchev–Trinajstić information content (AvgIpc) is 2.42. The number of rotatable bonds is 4. The van der Waals surface area contributed by atoms with Crippen molar-refractivity contribution >= 4 is 11.6 Å². The average molecular weight is 289 g/mol. The summed E-state index contributed by atoms with van der Waals surface area (Å²) in [7, 11) is 0. The lowest BCUT2D eigenvalue weighted by Crippen LogP contribution is -2.31. The van der Waals surface area contributed by atoms with Crippen LogP contribution in [0.1, 0.15) is 50.1 Å². The Labute approximate surface area is 117 Å². The summed E-state index contributed by atoms with van der Waals surface area (Å²) in [4.78, 5) is 0. The van der Waals surface area contributed by atoms with E-state index in [9.17, 15) is 8.78 Å². The number of halogens is 3. The smallest absolute Gasteiger partial charge is 0.142 e. The van der Waals surface area contributed by atoms with Crippen LogP contribution in [0.2, 0.25) is 5.02 Å². The van der Waals surface area contributed by atoms with Crippen molar-refractivity contribution in [2.75, 3.05) is 0 Å². The van der Waals surface area contributed by atoms with E-state index in [-0.39, 0.29) is 16.6 Å². The minimum atomic E-state index is -0.609. The zero-order valence-electron chi connectivity index (χ0n) is 10.8. The molecule has 5 heteroatoms. The fourth-order valence-electron chi connectivity index (χ4n) is 2.85. The molecule has 106 valence electrons. The zero-order chi connectivity index (χ0) is 13.8. The second-order valence-corrected chi connectivity index (χ2v) is 5.65. The summed E-state index contributed by atoms with van der Waals surface area (Å²) in [6.07, 6.45) is 6.68. The van der Waals surface area contributed by atoms with E-state index >= 15 is 0 Å².